The van der Waals surface area contributed by atoms with Crippen LogP contribution in [0.2, 0.25) is 0 Å². The zero-order valence-electron chi connectivity index (χ0n) is 15.1. The van der Waals surface area contributed by atoms with Crippen molar-refractivity contribution in [3.8, 4) is 0 Å². The van der Waals surface area contributed by atoms with Gasteiger partial charge >= 0.3 is 0 Å². The molecule has 0 bridgehead atoms. The summed E-state index contributed by atoms with van der Waals surface area (Å²) >= 11 is 0. The van der Waals surface area contributed by atoms with E-state index in [0.29, 0.717) is 5.56 Å². The molecule has 5 nitrogen and oxygen atoms in total. The highest BCUT2D eigenvalue weighted by Crippen LogP contribution is 2.17. The van der Waals surface area contributed by atoms with Gasteiger partial charge in [0.15, 0.2) is 5.78 Å². The van der Waals surface area contributed by atoms with Gasteiger partial charge in [-0.1, -0.05) is 30.3 Å². The van der Waals surface area contributed by atoms with E-state index in [2.05, 4.69) is 43.0 Å². The molecule has 6 heteroatoms. The lowest BCUT2D eigenvalue weighted by molar-refractivity contribution is 0.101. The van der Waals surface area contributed by atoms with Crippen LogP contribution in [-0.2, 0) is 10.1 Å². The third-order valence-corrected chi connectivity index (χ3v) is 4.75. The minimum atomic E-state index is -4.24. The number of rotatable bonds is 5. The summed E-state index contributed by atoms with van der Waals surface area (Å²) in [6, 6.07) is 14.7. The molecule has 0 unspecified atom stereocenters. The third kappa shape index (κ3) is 6.32. The Morgan fingerprint density at radius 1 is 1.04 bits per heavy atom. The molecule has 0 fully saturated rings. The zero-order valence-corrected chi connectivity index (χ0v) is 15.9. The van der Waals surface area contributed by atoms with Gasteiger partial charge in [0.1, 0.15) is 0 Å². The lowest BCUT2D eigenvalue weighted by atomic mass is 10.1. The van der Waals surface area contributed by atoms with E-state index in [0.717, 1.165) is 13.1 Å². The zero-order chi connectivity index (χ0) is 19.0. The van der Waals surface area contributed by atoms with E-state index in [1.807, 2.05) is 6.07 Å². The number of Topliss-reactive ketones (excluding diaryl/α,β-unsaturated/α-hetero) is 1. The molecule has 136 valence electrons. The van der Waals surface area contributed by atoms with E-state index in [1.165, 1.54) is 30.8 Å². The summed E-state index contributed by atoms with van der Waals surface area (Å²) in [7, 11) is -4.24. The van der Waals surface area contributed by atoms with Crippen molar-refractivity contribution in [3.63, 3.8) is 0 Å². The minimum Gasteiger partial charge on any atom is -0.372 e. The number of para-hydroxylation sites is 1. The highest BCUT2D eigenvalue weighted by Gasteiger charge is 2.14. The van der Waals surface area contributed by atoms with Crippen LogP contribution in [0.1, 0.15) is 36.7 Å². The van der Waals surface area contributed by atoms with Crippen LogP contribution in [0.3, 0.4) is 0 Å². The SMILES string of the molecule is CC(=O)c1ccc(C)c(S(=O)(=O)O)c1.CCN(CC)c1ccccc1. The van der Waals surface area contributed by atoms with Crippen LogP contribution in [0.25, 0.3) is 0 Å². The van der Waals surface area contributed by atoms with Crippen molar-refractivity contribution in [1.29, 1.82) is 0 Å². The van der Waals surface area contributed by atoms with Crippen LogP contribution in [-0.4, -0.2) is 31.8 Å². The molecule has 25 heavy (non-hydrogen) atoms. The monoisotopic (exact) mass is 363 g/mol. The second-order valence-electron chi connectivity index (χ2n) is 5.52. The Kier molecular flexibility index (Phi) is 7.80. The molecule has 0 aliphatic carbocycles. The van der Waals surface area contributed by atoms with Gasteiger partial charge in [0.05, 0.1) is 4.90 Å². The molecule has 0 saturated heterocycles. The van der Waals surface area contributed by atoms with Crippen molar-refractivity contribution in [2.24, 2.45) is 0 Å². The van der Waals surface area contributed by atoms with Gasteiger partial charge < -0.3 is 4.90 Å². The molecule has 0 heterocycles. The third-order valence-electron chi connectivity index (χ3n) is 3.76. The highest BCUT2D eigenvalue weighted by atomic mass is 32.2. The molecule has 0 amide bonds. The van der Waals surface area contributed by atoms with Crippen LogP contribution in [0.5, 0.6) is 0 Å². The minimum absolute atomic E-state index is 0.217. The Morgan fingerprint density at radius 2 is 1.60 bits per heavy atom. The Morgan fingerprint density at radius 3 is 2.04 bits per heavy atom. The van der Waals surface area contributed by atoms with Crippen molar-refractivity contribution >= 4 is 21.6 Å². The number of hydrogen-bond acceptors (Lipinski definition) is 4. The summed E-state index contributed by atoms with van der Waals surface area (Å²) in [6.45, 7) is 9.40. The first-order valence-electron chi connectivity index (χ1n) is 8.09. The predicted molar refractivity (Wildman–Crippen MR) is 101 cm³/mol. The van der Waals surface area contributed by atoms with Crippen molar-refractivity contribution in [3.05, 3.63) is 59.7 Å². The van der Waals surface area contributed by atoms with Gasteiger partial charge in [-0.05, 0) is 51.5 Å². The molecule has 1 N–H and O–H groups in total. The maximum Gasteiger partial charge on any atom is 0.294 e. The fourth-order valence-corrected chi connectivity index (χ4v) is 3.08. The van der Waals surface area contributed by atoms with E-state index in [9.17, 15) is 13.2 Å². The molecular weight excluding hydrogens is 338 g/mol. The van der Waals surface area contributed by atoms with E-state index in [-0.39, 0.29) is 16.2 Å². The van der Waals surface area contributed by atoms with Gasteiger partial charge in [-0.25, -0.2) is 0 Å². The van der Waals surface area contributed by atoms with Gasteiger partial charge in [-0.3, -0.25) is 9.35 Å². The standard InChI is InChI=1S/C10H15N.C9H10O4S/c1-3-11(4-2)10-8-6-5-7-9-10;1-6-3-4-8(7(2)10)5-9(6)14(11,12)13/h5-9H,3-4H2,1-2H3;3-5H,1-2H3,(H,11,12,13). The molecule has 0 radical (unpaired) electrons. The predicted octanol–water partition coefficient (Wildman–Crippen LogP) is 3.98. The first-order chi connectivity index (χ1) is 11.7. The number of anilines is 1. The first-order valence-corrected chi connectivity index (χ1v) is 9.53. The summed E-state index contributed by atoms with van der Waals surface area (Å²) in [5, 5.41) is 0. The fraction of sp³-hybridized carbons (Fsp3) is 0.316. The Hall–Kier alpha value is -2.18. The number of carbonyl (C=O) groups excluding carboxylic acids is 1. The molecule has 2 aromatic carbocycles. The van der Waals surface area contributed by atoms with Crippen LogP contribution in [0.15, 0.2) is 53.4 Å². The first kappa shape index (κ1) is 20.9. The molecule has 0 aliphatic rings. The van der Waals surface area contributed by atoms with Crippen molar-refractivity contribution in [2.75, 3.05) is 18.0 Å². The van der Waals surface area contributed by atoms with Gasteiger partial charge in [0, 0.05) is 24.3 Å². The van der Waals surface area contributed by atoms with Crippen molar-refractivity contribution in [1.82, 2.24) is 0 Å². The summed E-state index contributed by atoms with van der Waals surface area (Å²) in [5.74, 6) is -0.241. The smallest absolute Gasteiger partial charge is 0.294 e. The fourth-order valence-electron chi connectivity index (χ4n) is 2.32. The molecule has 0 aromatic heterocycles. The maximum atomic E-state index is 11.0. The van der Waals surface area contributed by atoms with Gasteiger partial charge in [0.25, 0.3) is 10.1 Å². The molecule has 0 atom stereocenters. The van der Waals surface area contributed by atoms with Crippen molar-refractivity contribution in [2.45, 2.75) is 32.6 Å². The number of ketones is 1. The van der Waals surface area contributed by atoms with Crippen LogP contribution < -0.4 is 4.90 Å². The molecule has 0 saturated carbocycles. The summed E-state index contributed by atoms with van der Waals surface area (Å²) in [5.41, 5.74) is 2.00. The van der Waals surface area contributed by atoms with Gasteiger partial charge in [0.2, 0.25) is 0 Å². The highest BCUT2D eigenvalue weighted by molar-refractivity contribution is 7.85. The molecule has 2 rings (SSSR count). The lowest BCUT2D eigenvalue weighted by Crippen LogP contribution is -2.21. The quantitative estimate of drug-likeness (QED) is 0.642. The van der Waals surface area contributed by atoms with E-state index < -0.39 is 10.1 Å². The molecular formula is C19H25NO4S. The largest absolute Gasteiger partial charge is 0.372 e. The number of benzene rings is 2. The second-order valence-corrected chi connectivity index (χ2v) is 6.91. The average molecular weight is 363 g/mol. The molecule has 2 aromatic rings. The lowest BCUT2D eigenvalue weighted by Gasteiger charge is -2.20. The normalized spacial score (nSPS) is 10.6. The summed E-state index contributed by atoms with van der Waals surface area (Å²) < 4.78 is 30.6. The van der Waals surface area contributed by atoms with E-state index in [1.54, 1.807) is 6.92 Å². The topological polar surface area (TPSA) is 74.7 Å². The second kappa shape index (κ2) is 9.34. The van der Waals surface area contributed by atoms with Gasteiger partial charge in [-0.2, -0.15) is 8.42 Å². The number of nitrogens with zero attached hydrogens (tertiary/aromatic N) is 1. The summed E-state index contributed by atoms with van der Waals surface area (Å²) in [4.78, 5) is 13.1. The Bertz CT molecular complexity index is 797. The van der Waals surface area contributed by atoms with Crippen LogP contribution in [0, 0.1) is 6.92 Å². The average Bonchev–Trinajstić information content (AvgIpc) is 2.57. The number of aryl methyl sites for hydroxylation is 1. The van der Waals surface area contributed by atoms with Gasteiger partial charge in [-0.15, -0.1) is 0 Å². The Labute approximate surface area is 150 Å². The summed E-state index contributed by atoms with van der Waals surface area (Å²) in [6.07, 6.45) is 0. The number of hydrogen-bond donors (Lipinski definition) is 1. The molecule has 0 aliphatic heterocycles. The van der Waals surface area contributed by atoms with E-state index >= 15 is 0 Å². The Balaban J connectivity index is 0.000000257. The van der Waals surface area contributed by atoms with Crippen LogP contribution >= 0.6 is 0 Å². The van der Waals surface area contributed by atoms with Crippen LogP contribution in [0.4, 0.5) is 5.69 Å². The molecule has 0 spiro atoms. The number of carbonyl (C=O) groups is 1. The van der Waals surface area contributed by atoms with E-state index in [4.69, 9.17) is 4.55 Å². The maximum absolute atomic E-state index is 11.0. The van der Waals surface area contributed by atoms with Crippen molar-refractivity contribution < 1.29 is 17.8 Å².